The van der Waals surface area contributed by atoms with Crippen LogP contribution in [0.15, 0.2) is 18.2 Å². The summed E-state index contributed by atoms with van der Waals surface area (Å²) in [5.74, 6) is 0.693. The Morgan fingerprint density at radius 1 is 1.32 bits per heavy atom. The van der Waals surface area contributed by atoms with Crippen molar-refractivity contribution in [2.75, 3.05) is 0 Å². The minimum atomic E-state index is 0.277. The average molecular weight is 279 g/mol. The Hall–Kier alpha value is -0.820. The number of Topliss-reactive ketones (excluding diaryl/α,β-unsaturated/α-hetero) is 1. The van der Waals surface area contributed by atoms with E-state index >= 15 is 0 Å². The van der Waals surface area contributed by atoms with Crippen LogP contribution >= 0.6 is 11.6 Å². The molecule has 1 aromatic carbocycles. The third-order valence-corrected chi connectivity index (χ3v) is 4.53. The van der Waals surface area contributed by atoms with E-state index < -0.39 is 0 Å². The maximum Gasteiger partial charge on any atom is 0.140 e. The summed E-state index contributed by atoms with van der Waals surface area (Å²) in [4.78, 5) is 12.4. The van der Waals surface area contributed by atoms with E-state index in [1.165, 1.54) is 24.8 Å². The largest absolute Gasteiger partial charge is 0.299 e. The lowest BCUT2D eigenvalue weighted by atomic mass is 9.84. The van der Waals surface area contributed by atoms with E-state index in [-0.39, 0.29) is 5.92 Å². The molecule has 0 bridgehead atoms. The Bertz CT molecular complexity index is 439. The van der Waals surface area contributed by atoms with Gasteiger partial charge in [-0.1, -0.05) is 49.9 Å². The smallest absolute Gasteiger partial charge is 0.140 e. The number of benzene rings is 1. The van der Waals surface area contributed by atoms with Gasteiger partial charge in [0.15, 0.2) is 0 Å². The van der Waals surface area contributed by atoms with Crippen molar-refractivity contribution < 1.29 is 4.79 Å². The first-order valence-corrected chi connectivity index (χ1v) is 7.89. The van der Waals surface area contributed by atoms with Gasteiger partial charge in [-0.05, 0) is 42.9 Å². The molecule has 0 N–H and O–H groups in total. The first-order chi connectivity index (χ1) is 9.22. The predicted octanol–water partition coefficient (Wildman–Crippen LogP) is 4.98. The molecule has 1 unspecified atom stereocenters. The maximum absolute atomic E-state index is 12.4. The van der Waals surface area contributed by atoms with Gasteiger partial charge >= 0.3 is 0 Å². The monoisotopic (exact) mass is 278 g/mol. The molecule has 0 fully saturated rings. The zero-order valence-corrected chi connectivity index (χ0v) is 12.5. The van der Waals surface area contributed by atoms with E-state index in [0.29, 0.717) is 12.2 Å². The van der Waals surface area contributed by atoms with E-state index in [0.717, 1.165) is 36.3 Å². The zero-order valence-electron chi connectivity index (χ0n) is 11.8. The molecule has 2 heteroatoms. The average Bonchev–Trinajstić information content (AvgIpc) is 2.38. The molecule has 1 atom stereocenters. The molecule has 0 aliphatic heterocycles. The van der Waals surface area contributed by atoms with Gasteiger partial charge in [0.05, 0.1) is 0 Å². The van der Waals surface area contributed by atoms with E-state index in [1.807, 2.05) is 12.1 Å². The van der Waals surface area contributed by atoms with Crippen molar-refractivity contribution in [3.8, 4) is 0 Å². The number of ketones is 1. The fraction of sp³-hybridized carbons (Fsp3) is 0.588. The van der Waals surface area contributed by atoms with Gasteiger partial charge in [-0.3, -0.25) is 4.79 Å². The number of hydrogen-bond acceptors (Lipinski definition) is 1. The minimum Gasteiger partial charge on any atom is -0.299 e. The Kier molecular flexibility index (Phi) is 5.45. The van der Waals surface area contributed by atoms with E-state index in [9.17, 15) is 4.79 Å². The molecule has 1 aliphatic rings. The van der Waals surface area contributed by atoms with Crippen molar-refractivity contribution in [1.29, 1.82) is 0 Å². The Morgan fingerprint density at radius 2 is 2.16 bits per heavy atom. The molecule has 0 aromatic heterocycles. The highest BCUT2D eigenvalue weighted by Crippen LogP contribution is 2.29. The Morgan fingerprint density at radius 3 is 2.95 bits per heavy atom. The Labute approximate surface area is 121 Å². The van der Waals surface area contributed by atoms with Crippen LogP contribution in [0, 0.1) is 5.92 Å². The molecule has 2 rings (SSSR count). The SMILES string of the molecule is CCCCCC1CCCc2c(Cl)cccc2CC1=O. The summed E-state index contributed by atoms with van der Waals surface area (Å²) >= 11 is 6.24. The molecule has 0 amide bonds. The summed E-state index contributed by atoms with van der Waals surface area (Å²) in [5, 5.41) is 0.828. The van der Waals surface area contributed by atoms with Crippen molar-refractivity contribution in [1.82, 2.24) is 0 Å². The molecule has 1 nitrogen and oxygen atoms in total. The number of unbranched alkanes of at least 4 members (excludes halogenated alkanes) is 2. The highest BCUT2D eigenvalue weighted by atomic mass is 35.5. The van der Waals surface area contributed by atoms with Gasteiger partial charge in [0.25, 0.3) is 0 Å². The number of carbonyl (C=O) groups excluding carboxylic acids is 1. The van der Waals surface area contributed by atoms with Crippen LogP contribution in [0.5, 0.6) is 0 Å². The van der Waals surface area contributed by atoms with Gasteiger partial charge < -0.3 is 0 Å². The fourth-order valence-corrected chi connectivity index (χ4v) is 3.30. The van der Waals surface area contributed by atoms with Crippen LogP contribution in [-0.4, -0.2) is 5.78 Å². The fourth-order valence-electron chi connectivity index (χ4n) is 3.01. The lowest BCUT2D eigenvalue weighted by molar-refractivity contribution is -0.122. The summed E-state index contributed by atoms with van der Waals surface area (Å²) in [5.41, 5.74) is 2.35. The zero-order chi connectivity index (χ0) is 13.7. The summed E-state index contributed by atoms with van der Waals surface area (Å²) in [7, 11) is 0. The number of halogens is 1. The minimum absolute atomic E-state index is 0.277. The van der Waals surface area contributed by atoms with Crippen LogP contribution in [0.1, 0.15) is 56.6 Å². The molecule has 104 valence electrons. The normalized spacial score (nSPS) is 19.7. The summed E-state index contributed by atoms with van der Waals surface area (Å²) < 4.78 is 0. The molecule has 0 saturated heterocycles. The number of carbonyl (C=O) groups is 1. The van der Waals surface area contributed by atoms with Crippen LogP contribution in [0.4, 0.5) is 0 Å². The third-order valence-electron chi connectivity index (χ3n) is 4.17. The van der Waals surface area contributed by atoms with E-state index in [2.05, 4.69) is 13.0 Å². The highest BCUT2D eigenvalue weighted by Gasteiger charge is 2.22. The van der Waals surface area contributed by atoms with Crippen molar-refractivity contribution in [2.45, 2.75) is 58.3 Å². The van der Waals surface area contributed by atoms with Crippen LogP contribution in [0.25, 0.3) is 0 Å². The summed E-state index contributed by atoms with van der Waals surface area (Å²) in [6.07, 6.45) is 8.44. The van der Waals surface area contributed by atoms with Gasteiger partial charge in [-0.15, -0.1) is 0 Å². The van der Waals surface area contributed by atoms with E-state index in [4.69, 9.17) is 11.6 Å². The van der Waals surface area contributed by atoms with Crippen molar-refractivity contribution >= 4 is 17.4 Å². The van der Waals surface area contributed by atoms with Crippen molar-refractivity contribution in [3.05, 3.63) is 34.3 Å². The maximum atomic E-state index is 12.4. The molecule has 1 aliphatic carbocycles. The van der Waals surface area contributed by atoms with Crippen LogP contribution in [0.2, 0.25) is 5.02 Å². The quantitative estimate of drug-likeness (QED) is 0.710. The molecule has 0 saturated carbocycles. The second-order valence-corrected chi connectivity index (χ2v) is 6.01. The molecule has 0 radical (unpaired) electrons. The molecular weight excluding hydrogens is 256 g/mol. The number of rotatable bonds is 4. The molecule has 19 heavy (non-hydrogen) atoms. The lowest BCUT2D eigenvalue weighted by Gasteiger charge is -2.21. The topological polar surface area (TPSA) is 17.1 Å². The number of hydrogen-bond donors (Lipinski definition) is 0. The van der Waals surface area contributed by atoms with Crippen molar-refractivity contribution in [2.24, 2.45) is 5.92 Å². The van der Waals surface area contributed by atoms with Gasteiger partial charge in [-0.2, -0.15) is 0 Å². The lowest BCUT2D eigenvalue weighted by Crippen LogP contribution is -2.20. The predicted molar refractivity (Wildman–Crippen MR) is 80.7 cm³/mol. The van der Waals surface area contributed by atoms with Gasteiger partial charge in [0.1, 0.15) is 5.78 Å². The van der Waals surface area contributed by atoms with Gasteiger partial charge in [0.2, 0.25) is 0 Å². The second kappa shape index (κ2) is 7.09. The summed E-state index contributed by atoms with van der Waals surface area (Å²) in [6.45, 7) is 2.21. The van der Waals surface area contributed by atoms with Gasteiger partial charge in [0, 0.05) is 17.4 Å². The second-order valence-electron chi connectivity index (χ2n) is 5.61. The standard InChI is InChI=1S/C17H23ClO/c1-2-3-4-7-13-8-5-10-15-14(12-17(13)19)9-6-11-16(15)18/h6,9,11,13H,2-5,7-8,10,12H2,1H3. The molecule has 0 spiro atoms. The highest BCUT2D eigenvalue weighted by molar-refractivity contribution is 6.31. The third kappa shape index (κ3) is 3.82. The first kappa shape index (κ1) is 14.6. The van der Waals surface area contributed by atoms with Crippen LogP contribution < -0.4 is 0 Å². The Balaban J connectivity index is 2.07. The van der Waals surface area contributed by atoms with Crippen LogP contribution in [0.3, 0.4) is 0 Å². The van der Waals surface area contributed by atoms with Crippen molar-refractivity contribution in [3.63, 3.8) is 0 Å². The molecular formula is C17H23ClO. The van der Waals surface area contributed by atoms with E-state index in [1.54, 1.807) is 0 Å². The molecule has 0 heterocycles. The van der Waals surface area contributed by atoms with Crippen LogP contribution in [-0.2, 0) is 17.6 Å². The first-order valence-electron chi connectivity index (χ1n) is 7.51. The molecule has 1 aromatic rings. The summed E-state index contributed by atoms with van der Waals surface area (Å²) in [6, 6.07) is 5.96. The number of fused-ring (bicyclic) bond motifs is 1. The van der Waals surface area contributed by atoms with Gasteiger partial charge in [-0.25, -0.2) is 0 Å².